The highest BCUT2D eigenvalue weighted by Crippen LogP contribution is 2.34. The zero-order valence-electron chi connectivity index (χ0n) is 17.8. The molecule has 0 saturated carbocycles. The minimum absolute atomic E-state index is 0.0595. The molecule has 1 heterocycles. The summed E-state index contributed by atoms with van der Waals surface area (Å²) < 4.78 is 10.4. The van der Waals surface area contributed by atoms with E-state index < -0.39 is 22.6 Å². The number of imide groups is 1. The number of hydrogen-bond donors (Lipinski definition) is 1. The number of nitrogens with one attached hydrogen (secondary N) is 1. The average molecular weight is 449 g/mol. The molecule has 0 unspecified atom stereocenters. The van der Waals surface area contributed by atoms with Gasteiger partial charge in [-0.05, 0) is 23.6 Å². The van der Waals surface area contributed by atoms with Gasteiger partial charge in [0.25, 0.3) is 17.5 Å². The number of nitrogens with zero attached hydrogens (tertiary/aromatic N) is 2. The summed E-state index contributed by atoms with van der Waals surface area (Å²) in [6, 6.07) is 12.2. The standard InChI is InChI=1S/C23H19N3O7/c1-32-15-6-7-19(33-2)18(12-15)24-20(27)8-9-25-22(28)16-5-3-4-13-10-14(26(30)31)11-17(21(13)16)23(25)29/h3-7,10-12H,8-9H2,1-2H3,(H,24,27). The van der Waals surface area contributed by atoms with E-state index in [4.69, 9.17) is 9.47 Å². The van der Waals surface area contributed by atoms with Gasteiger partial charge in [-0.2, -0.15) is 0 Å². The number of rotatable bonds is 7. The molecular formula is C23H19N3O7. The number of ether oxygens (including phenoxy) is 2. The average Bonchev–Trinajstić information content (AvgIpc) is 2.81. The Morgan fingerprint density at radius 3 is 2.48 bits per heavy atom. The summed E-state index contributed by atoms with van der Waals surface area (Å²) in [6.07, 6.45) is -0.182. The van der Waals surface area contributed by atoms with Crippen LogP contribution in [-0.2, 0) is 4.79 Å². The molecule has 168 valence electrons. The van der Waals surface area contributed by atoms with Gasteiger partial charge in [-0.25, -0.2) is 0 Å². The third-order valence-electron chi connectivity index (χ3n) is 5.37. The molecule has 0 aliphatic carbocycles. The van der Waals surface area contributed by atoms with Crippen LogP contribution in [0.5, 0.6) is 11.5 Å². The quantitative estimate of drug-likeness (QED) is 0.333. The van der Waals surface area contributed by atoms with Crippen LogP contribution in [0.3, 0.4) is 0 Å². The molecular weight excluding hydrogens is 430 g/mol. The zero-order valence-corrected chi connectivity index (χ0v) is 17.8. The van der Waals surface area contributed by atoms with Crippen LogP contribution in [0.4, 0.5) is 11.4 Å². The van der Waals surface area contributed by atoms with Crippen molar-refractivity contribution in [2.45, 2.75) is 6.42 Å². The lowest BCUT2D eigenvalue weighted by molar-refractivity contribution is -0.384. The van der Waals surface area contributed by atoms with Gasteiger partial charge in [-0.15, -0.1) is 0 Å². The van der Waals surface area contributed by atoms with E-state index in [-0.39, 0.29) is 29.8 Å². The van der Waals surface area contributed by atoms with Crippen molar-refractivity contribution < 1.29 is 28.8 Å². The van der Waals surface area contributed by atoms with Crippen LogP contribution in [0.25, 0.3) is 10.8 Å². The van der Waals surface area contributed by atoms with Crippen LogP contribution in [0, 0.1) is 10.1 Å². The van der Waals surface area contributed by atoms with Crippen LogP contribution in [0.15, 0.2) is 48.5 Å². The van der Waals surface area contributed by atoms with Gasteiger partial charge in [-0.3, -0.25) is 29.4 Å². The maximum absolute atomic E-state index is 13.1. The smallest absolute Gasteiger partial charge is 0.270 e. The van der Waals surface area contributed by atoms with Crippen molar-refractivity contribution in [1.82, 2.24) is 4.90 Å². The van der Waals surface area contributed by atoms with E-state index >= 15 is 0 Å². The minimum Gasteiger partial charge on any atom is -0.497 e. The number of hydrogen-bond acceptors (Lipinski definition) is 7. The second-order valence-corrected chi connectivity index (χ2v) is 7.28. The second kappa shape index (κ2) is 8.58. The van der Waals surface area contributed by atoms with Crippen molar-refractivity contribution in [2.24, 2.45) is 0 Å². The number of methoxy groups -OCH3 is 2. The first-order valence-corrected chi connectivity index (χ1v) is 9.93. The molecule has 0 saturated heterocycles. The fourth-order valence-corrected chi connectivity index (χ4v) is 3.79. The summed E-state index contributed by atoms with van der Waals surface area (Å²) in [7, 11) is 2.95. The number of benzene rings is 3. The lowest BCUT2D eigenvalue weighted by Crippen LogP contribution is -2.41. The molecule has 4 rings (SSSR count). The topological polar surface area (TPSA) is 128 Å². The van der Waals surface area contributed by atoms with Crippen molar-refractivity contribution in [2.75, 3.05) is 26.1 Å². The predicted octanol–water partition coefficient (Wildman–Crippen LogP) is 3.39. The fourth-order valence-electron chi connectivity index (χ4n) is 3.79. The van der Waals surface area contributed by atoms with Gasteiger partial charge in [0.05, 0.1) is 30.4 Å². The molecule has 0 spiro atoms. The lowest BCUT2D eigenvalue weighted by Gasteiger charge is -2.27. The SMILES string of the molecule is COc1ccc(OC)c(NC(=O)CCN2C(=O)c3cccc4cc([N+](=O)[O-])cc(c34)C2=O)c1. The van der Waals surface area contributed by atoms with Gasteiger partial charge in [0.1, 0.15) is 11.5 Å². The molecule has 0 atom stereocenters. The normalized spacial score (nSPS) is 12.6. The Kier molecular flexibility index (Phi) is 5.65. The van der Waals surface area contributed by atoms with Crippen LogP contribution < -0.4 is 14.8 Å². The van der Waals surface area contributed by atoms with Gasteiger partial charge in [-0.1, -0.05) is 12.1 Å². The summed E-state index contributed by atoms with van der Waals surface area (Å²) in [5.41, 5.74) is 0.445. The number of carbonyl (C=O) groups excluding carboxylic acids is 3. The molecule has 0 bridgehead atoms. The van der Waals surface area contributed by atoms with E-state index in [1.165, 1.54) is 20.3 Å². The van der Waals surface area contributed by atoms with Crippen molar-refractivity contribution >= 4 is 39.9 Å². The van der Waals surface area contributed by atoms with E-state index in [2.05, 4.69) is 5.32 Å². The minimum atomic E-state index is -0.681. The second-order valence-electron chi connectivity index (χ2n) is 7.28. The number of carbonyl (C=O) groups is 3. The Hall–Kier alpha value is -4.47. The summed E-state index contributed by atoms with van der Waals surface area (Å²) >= 11 is 0. The molecule has 10 nitrogen and oxygen atoms in total. The highest BCUT2D eigenvalue weighted by Gasteiger charge is 2.34. The largest absolute Gasteiger partial charge is 0.497 e. The van der Waals surface area contributed by atoms with Crippen molar-refractivity contribution in [3.05, 3.63) is 69.8 Å². The summed E-state index contributed by atoms with van der Waals surface area (Å²) in [6.45, 7) is -0.200. The Labute approximate surface area is 187 Å². The monoisotopic (exact) mass is 449 g/mol. The zero-order chi connectivity index (χ0) is 23.7. The molecule has 1 N–H and O–H groups in total. The molecule has 1 aliphatic heterocycles. The number of amides is 3. The molecule has 3 aromatic rings. The Morgan fingerprint density at radius 1 is 1.03 bits per heavy atom. The van der Waals surface area contributed by atoms with Crippen LogP contribution in [0.2, 0.25) is 0 Å². The third-order valence-corrected chi connectivity index (χ3v) is 5.37. The molecule has 0 radical (unpaired) electrons. The number of anilines is 1. The van der Waals surface area contributed by atoms with Gasteiger partial charge in [0.2, 0.25) is 5.91 Å². The molecule has 33 heavy (non-hydrogen) atoms. The van der Waals surface area contributed by atoms with Crippen molar-refractivity contribution in [1.29, 1.82) is 0 Å². The first-order valence-electron chi connectivity index (χ1n) is 9.93. The van der Waals surface area contributed by atoms with Crippen LogP contribution >= 0.6 is 0 Å². The Bertz CT molecular complexity index is 1320. The maximum Gasteiger partial charge on any atom is 0.270 e. The van der Waals surface area contributed by atoms with Gasteiger partial charge < -0.3 is 14.8 Å². The first-order chi connectivity index (χ1) is 15.8. The Morgan fingerprint density at radius 2 is 1.79 bits per heavy atom. The van der Waals surface area contributed by atoms with E-state index in [1.807, 2.05) is 0 Å². The number of non-ortho nitro benzene ring substituents is 1. The summed E-state index contributed by atoms with van der Waals surface area (Å²) in [5.74, 6) is -0.760. The van der Waals surface area contributed by atoms with E-state index in [0.29, 0.717) is 28.0 Å². The first kappa shape index (κ1) is 21.8. The molecule has 1 aliphatic rings. The molecule has 0 fully saturated rings. The molecule has 0 aromatic heterocycles. The van der Waals surface area contributed by atoms with E-state index in [1.54, 1.807) is 36.4 Å². The van der Waals surface area contributed by atoms with E-state index in [9.17, 15) is 24.5 Å². The van der Waals surface area contributed by atoms with Gasteiger partial charge in [0.15, 0.2) is 0 Å². The maximum atomic E-state index is 13.1. The predicted molar refractivity (Wildman–Crippen MR) is 119 cm³/mol. The van der Waals surface area contributed by atoms with Gasteiger partial charge in [0, 0.05) is 42.1 Å². The molecule has 3 amide bonds. The fraction of sp³-hybridized carbons (Fsp3) is 0.174. The highest BCUT2D eigenvalue weighted by molar-refractivity contribution is 6.25. The van der Waals surface area contributed by atoms with Crippen molar-refractivity contribution in [3.8, 4) is 11.5 Å². The lowest BCUT2D eigenvalue weighted by atomic mass is 9.93. The molecule has 10 heteroatoms. The third kappa shape index (κ3) is 3.93. The number of nitro benzene ring substituents is 1. The van der Waals surface area contributed by atoms with Crippen LogP contribution in [0.1, 0.15) is 27.1 Å². The summed E-state index contributed by atoms with van der Waals surface area (Å²) in [4.78, 5) is 50.3. The van der Waals surface area contributed by atoms with Gasteiger partial charge >= 0.3 is 0 Å². The molecule has 3 aromatic carbocycles. The van der Waals surface area contributed by atoms with Crippen molar-refractivity contribution in [3.63, 3.8) is 0 Å². The Balaban J connectivity index is 1.57. The number of nitro groups is 1. The highest BCUT2D eigenvalue weighted by atomic mass is 16.6. The van der Waals surface area contributed by atoms with E-state index in [0.717, 1.165) is 11.0 Å². The van der Waals surface area contributed by atoms with Crippen LogP contribution in [-0.4, -0.2) is 48.3 Å². The summed E-state index contributed by atoms with van der Waals surface area (Å²) in [5, 5.41) is 14.8.